The number of nitrogens with zero attached hydrogens (tertiary/aromatic N) is 2. The summed E-state index contributed by atoms with van der Waals surface area (Å²) in [6, 6.07) is 3.39. The molecule has 0 fully saturated rings. The quantitative estimate of drug-likeness (QED) is 0.623. The van der Waals surface area contributed by atoms with E-state index in [2.05, 4.69) is 21.0 Å². The molecule has 0 atom stereocenters. The molecule has 2 aromatic heterocycles. The third kappa shape index (κ3) is 3.85. The van der Waals surface area contributed by atoms with Crippen LogP contribution in [0.25, 0.3) is 11.7 Å². The van der Waals surface area contributed by atoms with Gasteiger partial charge in [-0.25, -0.2) is 0 Å². The van der Waals surface area contributed by atoms with Crippen LogP contribution in [0, 0.1) is 0 Å². The fraction of sp³-hybridized carbons (Fsp3) is 0.200. The Kier molecular flexibility index (Phi) is 4.18. The smallest absolute Gasteiger partial charge is 0.284 e. The van der Waals surface area contributed by atoms with Crippen molar-refractivity contribution in [2.24, 2.45) is 0 Å². The van der Waals surface area contributed by atoms with Crippen LogP contribution in [0.4, 0.5) is 0 Å². The summed E-state index contributed by atoms with van der Waals surface area (Å²) in [4.78, 5) is 21.9. The molecule has 0 unspecified atom stereocenters. The number of carbonyl (C=O) groups excluding carboxylic acids is 2. The van der Waals surface area contributed by atoms with Crippen molar-refractivity contribution >= 4 is 23.6 Å². The van der Waals surface area contributed by atoms with E-state index in [0.29, 0.717) is 5.76 Å². The lowest BCUT2D eigenvalue weighted by Crippen LogP contribution is -2.41. The molecule has 8 nitrogen and oxygen atoms in total. The molecule has 2 N–H and O–H groups in total. The lowest BCUT2D eigenvalue weighted by molar-refractivity contribution is -0.126. The number of hydrazine groups is 1. The van der Waals surface area contributed by atoms with Crippen LogP contribution < -0.4 is 10.9 Å². The third-order valence-corrected chi connectivity index (χ3v) is 2.66. The van der Waals surface area contributed by atoms with Gasteiger partial charge in [0.15, 0.2) is 5.76 Å². The summed E-state index contributed by atoms with van der Waals surface area (Å²) < 4.78 is 10.4. The first kappa shape index (κ1) is 13.1. The van der Waals surface area contributed by atoms with Gasteiger partial charge in [-0.3, -0.25) is 20.4 Å². The van der Waals surface area contributed by atoms with Gasteiger partial charge in [0.2, 0.25) is 11.8 Å². The normalized spacial score (nSPS) is 10.2. The van der Waals surface area contributed by atoms with E-state index in [0.717, 1.165) is 11.8 Å². The molecule has 0 aliphatic carbocycles. The lowest BCUT2D eigenvalue weighted by Gasteiger charge is -2.02. The second kappa shape index (κ2) is 6.05. The minimum atomic E-state index is -0.377. The molecule has 9 heteroatoms. The molecule has 0 saturated heterocycles. The Balaban J connectivity index is 1.84. The van der Waals surface area contributed by atoms with Gasteiger partial charge in [0.1, 0.15) is 0 Å². The zero-order chi connectivity index (χ0) is 13.7. The van der Waals surface area contributed by atoms with E-state index < -0.39 is 0 Å². The lowest BCUT2D eigenvalue weighted by atomic mass is 10.5. The first-order chi connectivity index (χ1) is 9.15. The molecule has 0 spiro atoms. The highest BCUT2D eigenvalue weighted by Crippen LogP contribution is 2.22. The Morgan fingerprint density at radius 1 is 1.37 bits per heavy atom. The summed E-state index contributed by atoms with van der Waals surface area (Å²) in [5.74, 6) is 0.0195. The molecule has 2 rings (SSSR count). The van der Waals surface area contributed by atoms with Crippen LogP contribution in [0.15, 0.2) is 32.5 Å². The van der Waals surface area contributed by atoms with E-state index in [4.69, 9.17) is 8.83 Å². The van der Waals surface area contributed by atoms with Crippen molar-refractivity contribution in [1.82, 2.24) is 21.0 Å². The number of hydrogen-bond acceptors (Lipinski definition) is 7. The summed E-state index contributed by atoms with van der Waals surface area (Å²) in [5, 5.41) is 7.78. The minimum Gasteiger partial charge on any atom is -0.459 e. The molecule has 0 aliphatic heterocycles. The van der Waals surface area contributed by atoms with Crippen molar-refractivity contribution in [3.63, 3.8) is 0 Å². The molecular formula is C10H10N4O4S. The first-order valence-corrected chi connectivity index (χ1v) is 6.19. The maximum Gasteiger partial charge on any atom is 0.284 e. The van der Waals surface area contributed by atoms with Crippen LogP contribution in [0.2, 0.25) is 0 Å². The molecular weight excluding hydrogens is 272 g/mol. The van der Waals surface area contributed by atoms with E-state index in [9.17, 15) is 9.59 Å². The Hall–Kier alpha value is -2.29. The zero-order valence-corrected chi connectivity index (χ0v) is 10.7. The number of nitrogens with one attached hydrogen (secondary N) is 2. The van der Waals surface area contributed by atoms with Gasteiger partial charge in [-0.05, 0) is 12.1 Å². The second-order valence-corrected chi connectivity index (χ2v) is 4.30. The highest BCUT2D eigenvalue weighted by atomic mass is 32.2. The van der Waals surface area contributed by atoms with Crippen molar-refractivity contribution in [2.45, 2.75) is 12.1 Å². The van der Waals surface area contributed by atoms with E-state index in [1.165, 1.54) is 13.2 Å². The molecule has 0 aromatic carbocycles. The molecule has 0 aliphatic rings. The summed E-state index contributed by atoms with van der Waals surface area (Å²) >= 11 is 1.05. The van der Waals surface area contributed by atoms with Gasteiger partial charge in [0, 0.05) is 6.92 Å². The first-order valence-electron chi connectivity index (χ1n) is 5.21. The van der Waals surface area contributed by atoms with Gasteiger partial charge in [-0.2, -0.15) is 0 Å². The van der Waals surface area contributed by atoms with Gasteiger partial charge in [0.05, 0.1) is 12.0 Å². The van der Waals surface area contributed by atoms with Crippen LogP contribution in [0.3, 0.4) is 0 Å². The monoisotopic (exact) mass is 282 g/mol. The van der Waals surface area contributed by atoms with Gasteiger partial charge in [-0.1, -0.05) is 11.8 Å². The predicted molar refractivity (Wildman–Crippen MR) is 64.7 cm³/mol. The number of hydrogen-bond donors (Lipinski definition) is 2. The molecule has 0 bridgehead atoms. The molecule has 2 amide bonds. The fourth-order valence-corrected chi connectivity index (χ4v) is 1.65. The third-order valence-electron chi connectivity index (χ3n) is 1.84. The zero-order valence-electron chi connectivity index (χ0n) is 9.87. The average molecular weight is 282 g/mol. The van der Waals surface area contributed by atoms with Crippen LogP contribution >= 0.6 is 11.8 Å². The summed E-state index contributed by atoms with van der Waals surface area (Å²) in [6.45, 7) is 1.29. The summed E-state index contributed by atoms with van der Waals surface area (Å²) in [6.07, 6.45) is 1.49. The Bertz CT molecular complexity index is 566. The molecule has 2 aromatic rings. The Morgan fingerprint density at radius 3 is 2.89 bits per heavy atom. The minimum absolute atomic E-state index is 0.0417. The standard InChI is InChI=1S/C10H10N4O4S/c1-6(15)11-12-8(16)5-19-10-14-13-9(18-10)7-3-2-4-17-7/h2-4H,5H2,1H3,(H,11,15)(H,12,16). The van der Waals surface area contributed by atoms with Gasteiger partial charge >= 0.3 is 0 Å². The molecule has 100 valence electrons. The largest absolute Gasteiger partial charge is 0.459 e. The van der Waals surface area contributed by atoms with Crippen molar-refractivity contribution in [3.05, 3.63) is 18.4 Å². The average Bonchev–Trinajstić information content (AvgIpc) is 3.03. The highest BCUT2D eigenvalue weighted by molar-refractivity contribution is 7.99. The fourth-order valence-electron chi connectivity index (χ4n) is 1.09. The number of amides is 2. The number of furan rings is 1. The predicted octanol–water partition coefficient (Wildman–Crippen LogP) is 0.589. The SMILES string of the molecule is CC(=O)NNC(=O)CSc1nnc(-c2ccco2)o1. The van der Waals surface area contributed by atoms with Crippen LogP contribution in [-0.4, -0.2) is 27.8 Å². The topological polar surface area (TPSA) is 110 Å². The van der Waals surface area contributed by atoms with Crippen LogP contribution in [-0.2, 0) is 9.59 Å². The molecule has 0 saturated carbocycles. The van der Waals surface area contributed by atoms with Gasteiger partial charge < -0.3 is 8.83 Å². The maximum atomic E-state index is 11.3. The van der Waals surface area contributed by atoms with Crippen molar-refractivity contribution < 1.29 is 18.4 Å². The molecule has 2 heterocycles. The summed E-state index contributed by atoms with van der Waals surface area (Å²) in [5.41, 5.74) is 4.39. The number of rotatable bonds is 4. The van der Waals surface area contributed by atoms with Crippen molar-refractivity contribution in [2.75, 3.05) is 5.75 Å². The molecule has 0 radical (unpaired) electrons. The maximum absolute atomic E-state index is 11.3. The van der Waals surface area contributed by atoms with E-state index in [1.807, 2.05) is 0 Å². The summed E-state index contributed by atoms with van der Waals surface area (Å²) in [7, 11) is 0. The Labute approximate surface area is 111 Å². The van der Waals surface area contributed by atoms with Crippen LogP contribution in [0.5, 0.6) is 0 Å². The van der Waals surface area contributed by atoms with E-state index in [-0.39, 0.29) is 28.7 Å². The van der Waals surface area contributed by atoms with Crippen molar-refractivity contribution in [3.8, 4) is 11.7 Å². The van der Waals surface area contributed by atoms with Gasteiger partial charge in [-0.15, -0.1) is 10.2 Å². The van der Waals surface area contributed by atoms with Crippen molar-refractivity contribution in [1.29, 1.82) is 0 Å². The van der Waals surface area contributed by atoms with E-state index >= 15 is 0 Å². The molecule has 19 heavy (non-hydrogen) atoms. The van der Waals surface area contributed by atoms with Crippen LogP contribution in [0.1, 0.15) is 6.92 Å². The highest BCUT2D eigenvalue weighted by Gasteiger charge is 2.12. The number of thioether (sulfide) groups is 1. The Morgan fingerprint density at radius 2 is 2.21 bits per heavy atom. The van der Waals surface area contributed by atoms with Gasteiger partial charge in [0.25, 0.3) is 11.1 Å². The second-order valence-electron chi connectivity index (χ2n) is 3.37. The van der Waals surface area contributed by atoms with E-state index in [1.54, 1.807) is 12.1 Å². The number of carbonyl (C=O) groups is 2. The number of aromatic nitrogens is 2.